The van der Waals surface area contributed by atoms with Gasteiger partial charge in [-0.25, -0.2) is 4.98 Å². The first kappa shape index (κ1) is 21.2. The standard InChI is InChI=1S/C25H28N2O4/c1-5-18(11-15(3)24(30)27-25-13-17(25)7-9-23(25)29)31-22-12-20(16(4)28)26-21-10-14(2)6-8-19(21)22/h6-10,12,15,17-18H,5,11,13H2,1-4H3,(H,27,30)/t15-,17+,18-,25+/m0/s1. The molecule has 0 spiro atoms. The molecule has 2 aliphatic carbocycles. The van der Waals surface area contributed by atoms with E-state index in [1.807, 2.05) is 45.0 Å². The van der Waals surface area contributed by atoms with Crippen LogP contribution in [0.25, 0.3) is 10.9 Å². The van der Waals surface area contributed by atoms with E-state index < -0.39 is 5.54 Å². The van der Waals surface area contributed by atoms with Crippen LogP contribution in [0.5, 0.6) is 5.75 Å². The average molecular weight is 421 g/mol. The lowest BCUT2D eigenvalue weighted by molar-refractivity contribution is -0.129. The monoisotopic (exact) mass is 420 g/mol. The van der Waals surface area contributed by atoms with Crippen molar-refractivity contribution in [1.82, 2.24) is 10.3 Å². The zero-order valence-electron chi connectivity index (χ0n) is 18.4. The largest absolute Gasteiger partial charge is 0.490 e. The molecule has 1 N–H and O–H groups in total. The van der Waals surface area contributed by atoms with Crippen LogP contribution in [0.15, 0.2) is 36.4 Å². The van der Waals surface area contributed by atoms with Crippen molar-refractivity contribution >= 4 is 28.4 Å². The van der Waals surface area contributed by atoms with Crippen molar-refractivity contribution in [2.75, 3.05) is 0 Å². The fourth-order valence-corrected chi connectivity index (χ4v) is 4.27. The van der Waals surface area contributed by atoms with Crippen molar-refractivity contribution in [3.8, 4) is 5.75 Å². The van der Waals surface area contributed by atoms with Crippen LogP contribution in [0.4, 0.5) is 0 Å². The smallest absolute Gasteiger partial charge is 0.223 e. The summed E-state index contributed by atoms with van der Waals surface area (Å²) in [5.41, 5.74) is 1.44. The minimum Gasteiger partial charge on any atom is -0.490 e. The minimum absolute atomic E-state index is 0.00310. The van der Waals surface area contributed by atoms with E-state index in [4.69, 9.17) is 4.74 Å². The third kappa shape index (κ3) is 3.99. The summed E-state index contributed by atoms with van der Waals surface area (Å²) in [6.45, 7) is 7.33. The molecule has 6 heteroatoms. The van der Waals surface area contributed by atoms with Crippen LogP contribution < -0.4 is 10.1 Å². The molecule has 1 heterocycles. The second kappa shape index (κ2) is 7.91. The molecule has 0 saturated heterocycles. The van der Waals surface area contributed by atoms with Gasteiger partial charge in [0.25, 0.3) is 0 Å². The zero-order valence-corrected chi connectivity index (χ0v) is 18.4. The molecule has 2 aromatic rings. The van der Waals surface area contributed by atoms with Crippen LogP contribution in [0.3, 0.4) is 0 Å². The Kier molecular flexibility index (Phi) is 5.42. The van der Waals surface area contributed by atoms with E-state index in [-0.39, 0.29) is 35.4 Å². The molecule has 0 aliphatic heterocycles. The highest BCUT2D eigenvalue weighted by Crippen LogP contribution is 2.49. The summed E-state index contributed by atoms with van der Waals surface area (Å²) in [6, 6.07) is 7.55. The Morgan fingerprint density at radius 2 is 2.10 bits per heavy atom. The van der Waals surface area contributed by atoms with E-state index in [0.29, 0.717) is 30.7 Å². The Bertz CT molecular complexity index is 1110. The number of nitrogens with zero attached hydrogens (tertiary/aromatic N) is 1. The maximum Gasteiger partial charge on any atom is 0.223 e. The molecular formula is C25H28N2O4. The van der Waals surface area contributed by atoms with Crippen LogP contribution in [0, 0.1) is 18.8 Å². The molecule has 162 valence electrons. The van der Waals surface area contributed by atoms with E-state index in [2.05, 4.69) is 10.3 Å². The molecular weight excluding hydrogens is 392 g/mol. The Balaban J connectivity index is 1.50. The molecule has 2 aliphatic rings. The molecule has 1 saturated carbocycles. The summed E-state index contributed by atoms with van der Waals surface area (Å²) >= 11 is 0. The number of hydrogen-bond acceptors (Lipinski definition) is 5. The second-order valence-electron chi connectivity index (χ2n) is 8.86. The van der Waals surface area contributed by atoms with Gasteiger partial charge in [-0.05, 0) is 50.0 Å². The summed E-state index contributed by atoms with van der Waals surface area (Å²) in [4.78, 5) is 41.3. The summed E-state index contributed by atoms with van der Waals surface area (Å²) in [5, 5.41) is 3.81. The maximum absolute atomic E-state index is 12.8. The van der Waals surface area contributed by atoms with Gasteiger partial charge in [0.1, 0.15) is 17.0 Å². The summed E-state index contributed by atoms with van der Waals surface area (Å²) in [5.74, 6) is 0.188. The van der Waals surface area contributed by atoms with Gasteiger partial charge >= 0.3 is 0 Å². The molecule has 4 rings (SSSR count). The lowest BCUT2D eigenvalue weighted by Crippen LogP contribution is -2.45. The van der Waals surface area contributed by atoms with Crippen LogP contribution in [0.2, 0.25) is 0 Å². The Labute approximate surface area is 182 Å². The number of Topliss-reactive ketones (excluding diaryl/α,β-unsaturated/α-hetero) is 1. The van der Waals surface area contributed by atoms with Crippen LogP contribution in [-0.2, 0) is 9.59 Å². The molecule has 4 atom stereocenters. The second-order valence-corrected chi connectivity index (χ2v) is 8.86. The Morgan fingerprint density at radius 3 is 2.71 bits per heavy atom. The minimum atomic E-state index is -0.691. The quantitative estimate of drug-likeness (QED) is 0.654. The predicted octanol–water partition coefficient (Wildman–Crippen LogP) is 3.94. The number of pyridine rings is 1. The number of ether oxygens (including phenoxy) is 1. The molecule has 1 amide bonds. The van der Waals surface area contributed by atoms with Gasteiger partial charge in [0, 0.05) is 30.2 Å². The van der Waals surface area contributed by atoms with Gasteiger partial charge in [-0.1, -0.05) is 26.0 Å². The number of benzene rings is 1. The number of rotatable bonds is 8. The van der Waals surface area contributed by atoms with Gasteiger partial charge in [-0.3, -0.25) is 14.4 Å². The highest BCUT2D eigenvalue weighted by Gasteiger charge is 2.61. The van der Waals surface area contributed by atoms with E-state index >= 15 is 0 Å². The topological polar surface area (TPSA) is 85.4 Å². The normalized spacial score (nSPS) is 23.4. The number of hydrogen-bond donors (Lipinski definition) is 1. The summed E-state index contributed by atoms with van der Waals surface area (Å²) in [7, 11) is 0. The van der Waals surface area contributed by atoms with E-state index in [1.165, 1.54) is 6.92 Å². The van der Waals surface area contributed by atoms with Crippen molar-refractivity contribution in [2.45, 2.75) is 58.6 Å². The first-order chi connectivity index (χ1) is 14.7. The lowest BCUT2D eigenvalue weighted by atomic mass is 9.99. The molecule has 6 nitrogen and oxygen atoms in total. The molecule has 0 bridgehead atoms. The van der Waals surface area contributed by atoms with Crippen molar-refractivity contribution in [2.24, 2.45) is 11.8 Å². The van der Waals surface area contributed by atoms with Gasteiger partial charge < -0.3 is 10.1 Å². The maximum atomic E-state index is 12.8. The number of aromatic nitrogens is 1. The molecule has 1 aromatic heterocycles. The molecule has 1 aromatic carbocycles. The molecule has 0 unspecified atom stereocenters. The third-order valence-corrected chi connectivity index (χ3v) is 6.38. The number of amides is 1. The van der Waals surface area contributed by atoms with Crippen LogP contribution in [-0.4, -0.2) is 34.1 Å². The van der Waals surface area contributed by atoms with Gasteiger partial charge in [0.2, 0.25) is 5.91 Å². The van der Waals surface area contributed by atoms with Gasteiger partial charge in [0.15, 0.2) is 11.6 Å². The summed E-state index contributed by atoms with van der Waals surface area (Å²) < 4.78 is 6.30. The van der Waals surface area contributed by atoms with Gasteiger partial charge in [-0.2, -0.15) is 0 Å². The van der Waals surface area contributed by atoms with Crippen LogP contribution >= 0.6 is 0 Å². The molecule has 1 fully saturated rings. The highest BCUT2D eigenvalue weighted by atomic mass is 16.5. The third-order valence-electron chi connectivity index (χ3n) is 6.38. The number of fused-ring (bicyclic) bond motifs is 2. The number of nitrogens with one attached hydrogen (secondary N) is 1. The van der Waals surface area contributed by atoms with E-state index in [1.54, 1.807) is 12.1 Å². The van der Waals surface area contributed by atoms with Crippen molar-refractivity contribution in [3.05, 3.63) is 47.7 Å². The number of carbonyl (C=O) groups is 3. The van der Waals surface area contributed by atoms with Crippen molar-refractivity contribution < 1.29 is 19.1 Å². The van der Waals surface area contributed by atoms with E-state index in [0.717, 1.165) is 16.5 Å². The van der Waals surface area contributed by atoms with E-state index in [9.17, 15) is 14.4 Å². The number of carbonyl (C=O) groups excluding carboxylic acids is 3. The molecule has 31 heavy (non-hydrogen) atoms. The fraction of sp³-hybridized carbons (Fsp3) is 0.440. The Hall–Kier alpha value is -3.02. The fourth-order valence-electron chi connectivity index (χ4n) is 4.27. The first-order valence-corrected chi connectivity index (χ1v) is 10.9. The highest BCUT2D eigenvalue weighted by molar-refractivity contribution is 6.06. The number of aryl methyl sites for hydroxylation is 1. The average Bonchev–Trinajstić information content (AvgIpc) is 3.35. The van der Waals surface area contributed by atoms with Gasteiger partial charge in [-0.15, -0.1) is 0 Å². The number of ketones is 2. The summed E-state index contributed by atoms with van der Waals surface area (Å²) in [6.07, 6.45) is 5.16. The molecule has 0 radical (unpaired) electrons. The van der Waals surface area contributed by atoms with Crippen molar-refractivity contribution in [3.63, 3.8) is 0 Å². The lowest BCUT2D eigenvalue weighted by Gasteiger charge is -2.23. The van der Waals surface area contributed by atoms with Gasteiger partial charge in [0.05, 0.1) is 11.6 Å². The SMILES string of the molecule is CC[C@@H](C[C@H](C)C(=O)N[C@]12C[C@H]1C=CC2=O)Oc1cc(C(C)=O)nc2cc(C)ccc12. The zero-order chi connectivity index (χ0) is 22.3. The Morgan fingerprint density at radius 1 is 1.32 bits per heavy atom. The predicted molar refractivity (Wildman–Crippen MR) is 118 cm³/mol. The first-order valence-electron chi connectivity index (χ1n) is 10.9. The van der Waals surface area contributed by atoms with Crippen LogP contribution in [0.1, 0.15) is 56.1 Å². The van der Waals surface area contributed by atoms with Crippen molar-refractivity contribution in [1.29, 1.82) is 0 Å².